The third kappa shape index (κ3) is 7.80. The van der Waals surface area contributed by atoms with Crippen LogP contribution in [0.3, 0.4) is 0 Å². The second-order valence-electron chi connectivity index (χ2n) is 6.88. The molecule has 2 N–H and O–H groups in total. The third-order valence-corrected chi connectivity index (χ3v) is 4.96. The van der Waals surface area contributed by atoms with Gasteiger partial charge in [0.15, 0.2) is 0 Å². The molecule has 0 aromatic heterocycles. The molecule has 0 spiro atoms. The van der Waals surface area contributed by atoms with Crippen molar-refractivity contribution in [3.05, 3.63) is 35.4 Å². The number of amides is 1. The van der Waals surface area contributed by atoms with Crippen LogP contribution in [-0.4, -0.2) is 50.2 Å². The Morgan fingerprint density at radius 1 is 1.15 bits per heavy atom. The molecule has 26 heavy (non-hydrogen) atoms. The Kier molecular flexibility index (Phi) is 11.2. The molecule has 2 saturated heterocycles. The van der Waals surface area contributed by atoms with Crippen molar-refractivity contribution >= 4 is 30.7 Å². The number of hydrogen-bond donors (Lipinski definition) is 2. The van der Waals surface area contributed by atoms with Crippen LogP contribution < -0.4 is 10.6 Å². The summed E-state index contributed by atoms with van der Waals surface area (Å²) in [5, 5.41) is 6.38. The lowest BCUT2D eigenvalue weighted by atomic mass is 10.0. The predicted octanol–water partition coefficient (Wildman–Crippen LogP) is 2.37. The molecule has 0 saturated carbocycles. The number of benzene rings is 1. The van der Waals surface area contributed by atoms with Crippen molar-refractivity contribution in [3.8, 4) is 0 Å². The quantitative estimate of drug-likeness (QED) is 0.733. The van der Waals surface area contributed by atoms with Crippen molar-refractivity contribution in [2.24, 2.45) is 5.92 Å². The summed E-state index contributed by atoms with van der Waals surface area (Å²) in [5.74, 6) is 0.842. The maximum atomic E-state index is 12.0. The summed E-state index contributed by atoms with van der Waals surface area (Å²) < 4.78 is 5.38. The molecule has 1 aromatic rings. The van der Waals surface area contributed by atoms with Crippen molar-refractivity contribution in [2.45, 2.75) is 32.4 Å². The van der Waals surface area contributed by atoms with Gasteiger partial charge in [0, 0.05) is 32.6 Å². The molecule has 1 atom stereocenters. The molecule has 2 aliphatic rings. The smallest absolute Gasteiger partial charge is 0.220 e. The van der Waals surface area contributed by atoms with E-state index < -0.39 is 0 Å². The Labute approximate surface area is 169 Å². The summed E-state index contributed by atoms with van der Waals surface area (Å²) in [5.41, 5.74) is 2.48. The molecular formula is C19H31Cl2N3O2. The van der Waals surface area contributed by atoms with E-state index in [0.717, 1.165) is 57.9 Å². The van der Waals surface area contributed by atoms with E-state index >= 15 is 0 Å². The Morgan fingerprint density at radius 3 is 2.50 bits per heavy atom. The molecule has 2 fully saturated rings. The van der Waals surface area contributed by atoms with Gasteiger partial charge in [0.25, 0.3) is 0 Å². The number of halogens is 2. The molecule has 1 unspecified atom stereocenters. The first-order valence-corrected chi connectivity index (χ1v) is 9.15. The number of hydrogen-bond acceptors (Lipinski definition) is 4. The number of nitrogens with one attached hydrogen (secondary N) is 2. The van der Waals surface area contributed by atoms with E-state index in [4.69, 9.17) is 4.74 Å². The number of carbonyl (C=O) groups excluding carboxylic acids is 1. The molecule has 3 rings (SSSR count). The molecule has 2 heterocycles. The van der Waals surface area contributed by atoms with Gasteiger partial charge in [0.05, 0.1) is 13.2 Å². The fourth-order valence-electron chi connectivity index (χ4n) is 3.37. The van der Waals surface area contributed by atoms with Crippen LogP contribution in [0.2, 0.25) is 0 Å². The van der Waals surface area contributed by atoms with Gasteiger partial charge in [0.1, 0.15) is 0 Å². The fraction of sp³-hybridized carbons (Fsp3) is 0.632. The minimum atomic E-state index is 0. The van der Waals surface area contributed by atoms with E-state index in [1.165, 1.54) is 12.0 Å². The first-order valence-electron chi connectivity index (χ1n) is 9.15. The summed E-state index contributed by atoms with van der Waals surface area (Å²) in [6, 6.07) is 8.58. The number of nitrogens with zero attached hydrogens (tertiary/aromatic N) is 1. The predicted molar refractivity (Wildman–Crippen MR) is 109 cm³/mol. The van der Waals surface area contributed by atoms with Gasteiger partial charge in [-0.3, -0.25) is 9.69 Å². The summed E-state index contributed by atoms with van der Waals surface area (Å²) in [7, 11) is 0. The molecule has 0 bridgehead atoms. The highest BCUT2D eigenvalue weighted by atomic mass is 35.5. The van der Waals surface area contributed by atoms with E-state index in [-0.39, 0.29) is 30.7 Å². The van der Waals surface area contributed by atoms with Crippen molar-refractivity contribution in [1.29, 1.82) is 0 Å². The SMILES string of the molecule is Cl.Cl.O=C(CCC1CCNC1)NCc1ccc(CN2CCOCC2)cc1. The van der Waals surface area contributed by atoms with E-state index in [9.17, 15) is 4.79 Å². The average molecular weight is 404 g/mol. The van der Waals surface area contributed by atoms with Gasteiger partial charge in [-0.05, 0) is 43.0 Å². The van der Waals surface area contributed by atoms with Crippen molar-refractivity contribution in [3.63, 3.8) is 0 Å². The van der Waals surface area contributed by atoms with Gasteiger partial charge in [-0.1, -0.05) is 24.3 Å². The highest BCUT2D eigenvalue weighted by Gasteiger charge is 2.15. The van der Waals surface area contributed by atoms with Crippen LogP contribution in [0.1, 0.15) is 30.4 Å². The Bertz CT molecular complexity index is 516. The van der Waals surface area contributed by atoms with Crippen LogP contribution in [0.25, 0.3) is 0 Å². The van der Waals surface area contributed by atoms with Gasteiger partial charge in [0.2, 0.25) is 5.91 Å². The van der Waals surface area contributed by atoms with Gasteiger partial charge >= 0.3 is 0 Å². The Hall–Kier alpha value is -0.850. The van der Waals surface area contributed by atoms with Gasteiger partial charge in [-0.2, -0.15) is 0 Å². The monoisotopic (exact) mass is 403 g/mol. The summed E-state index contributed by atoms with van der Waals surface area (Å²) in [6.07, 6.45) is 2.84. The second kappa shape index (κ2) is 12.5. The van der Waals surface area contributed by atoms with E-state index in [1.807, 2.05) is 0 Å². The number of morpholine rings is 1. The van der Waals surface area contributed by atoms with Gasteiger partial charge < -0.3 is 15.4 Å². The zero-order valence-electron chi connectivity index (χ0n) is 15.2. The molecule has 1 aromatic carbocycles. The standard InChI is InChI=1S/C19H29N3O2.2ClH/c23-19(6-5-17-7-8-20-13-17)21-14-16-1-3-18(4-2-16)15-22-9-11-24-12-10-22;;/h1-4,17,20H,5-15H2,(H,21,23);2*1H. The van der Waals surface area contributed by atoms with Crippen molar-refractivity contribution < 1.29 is 9.53 Å². The topological polar surface area (TPSA) is 53.6 Å². The highest BCUT2D eigenvalue weighted by Crippen LogP contribution is 2.14. The van der Waals surface area contributed by atoms with Crippen LogP contribution in [-0.2, 0) is 22.6 Å². The first-order chi connectivity index (χ1) is 11.8. The second-order valence-corrected chi connectivity index (χ2v) is 6.88. The van der Waals surface area contributed by atoms with Gasteiger partial charge in [-0.25, -0.2) is 0 Å². The lowest BCUT2D eigenvalue weighted by Crippen LogP contribution is -2.35. The normalized spacial score (nSPS) is 20.1. The molecular weight excluding hydrogens is 373 g/mol. The maximum Gasteiger partial charge on any atom is 0.220 e. The van der Waals surface area contributed by atoms with Gasteiger partial charge in [-0.15, -0.1) is 24.8 Å². The minimum Gasteiger partial charge on any atom is -0.379 e. The molecule has 1 amide bonds. The molecule has 2 aliphatic heterocycles. The van der Waals surface area contributed by atoms with Crippen LogP contribution >= 0.6 is 24.8 Å². The largest absolute Gasteiger partial charge is 0.379 e. The number of rotatable bonds is 7. The van der Waals surface area contributed by atoms with Crippen molar-refractivity contribution in [1.82, 2.24) is 15.5 Å². The molecule has 5 nitrogen and oxygen atoms in total. The minimum absolute atomic E-state index is 0. The highest BCUT2D eigenvalue weighted by molar-refractivity contribution is 5.85. The summed E-state index contributed by atoms with van der Waals surface area (Å²) in [4.78, 5) is 14.4. The van der Waals surface area contributed by atoms with Crippen LogP contribution in [0.5, 0.6) is 0 Å². The number of ether oxygens (including phenoxy) is 1. The Balaban J connectivity index is 0.00000169. The Morgan fingerprint density at radius 2 is 1.85 bits per heavy atom. The number of carbonyl (C=O) groups is 1. The summed E-state index contributed by atoms with van der Waals surface area (Å²) in [6.45, 7) is 7.46. The van der Waals surface area contributed by atoms with E-state index in [1.54, 1.807) is 0 Å². The maximum absolute atomic E-state index is 12.0. The average Bonchev–Trinajstić information content (AvgIpc) is 3.14. The molecule has 148 valence electrons. The fourth-order valence-corrected chi connectivity index (χ4v) is 3.37. The lowest BCUT2D eigenvalue weighted by molar-refractivity contribution is -0.121. The van der Waals surface area contributed by atoms with Crippen molar-refractivity contribution in [2.75, 3.05) is 39.4 Å². The first kappa shape index (κ1) is 23.2. The van der Waals surface area contributed by atoms with Crippen LogP contribution in [0.15, 0.2) is 24.3 Å². The third-order valence-electron chi connectivity index (χ3n) is 4.96. The molecule has 0 radical (unpaired) electrons. The molecule has 7 heteroatoms. The van der Waals surface area contributed by atoms with E-state index in [2.05, 4.69) is 39.8 Å². The van der Waals surface area contributed by atoms with Crippen LogP contribution in [0.4, 0.5) is 0 Å². The molecule has 0 aliphatic carbocycles. The summed E-state index contributed by atoms with van der Waals surface area (Å²) >= 11 is 0. The zero-order chi connectivity index (χ0) is 16.6. The van der Waals surface area contributed by atoms with E-state index in [0.29, 0.717) is 18.9 Å². The van der Waals surface area contributed by atoms with Crippen LogP contribution in [0, 0.1) is 5.92 Å². The lowest BCUT2D eigenvalue weighted by Gasteiger charge is -2.26. The zero-order valence-corrected chi connectivity index (χ0v) is 16.9.